The minimum atomic E-state index is -0.397. The van der Waals surface area contributed by atoms with Gasteiger partial charge in [-0.15, -0.1) is 0 Å². The van der Waals surface area contributed by atoms with E-state index < -0.39 is 5.97 Å². The molecule has 1 heterocycles. The lowest BCUT2D eigenvalue weighted by Gasteiger charge is -2.36. The third-order valence-electron chi connectivity index (χ3n) is 3.72. The summed E-state index contributed by atoms with van der Waals surface area (Å²) < 4.78 is 4.68. The second-order valence-electron chi connectivity index (χ2n) is 4.99. The lowest BCUT2D eigenvalue weighted by molar-refractivity contribution is -0.131. The van der Waals surface area contributed by atoms with E-state index >= 15 is 0 Å². The average Bonchev–Trinajstić information content (AvgIpc) is 2.53. The Morgan fingerprint density at radius 2 is 1.90 bits per heavy atom. The molecule has 6 heteroatoms. The van der Waals surface area contributed by atoms with Gasteiger partial charge in [-0.3, -0.25) is 4.79 Å². The second-order valence-corrected chi connectivity index (χ2v) is 4.99. The minimum absolute atomic E-state index is 0.184. The molecule has 21 heavy (non-hydrogen) atoms. The van der Waals surface area contributed by atoms with E-state index in [1.165, 1.54) is 7.11 Å². The molecule has 1 aliphatic rings. The molecule has 1 amide bonds. The predicted molar refractivity (Wildman–Crippen MR) is 81.3 cm³/mol. The maximum atomic E-state index is 11.7. The number of ether oxygens (including phenoxy) is 1. The van der Waals surface area contributed by atoms with E-state index in [4.69, 9.17) is 5.73 Å². The largest absolute Gasteiger partial charge is 0.465 e. The fourth-order valence-electron chi connectivity index (χ4n) is 2.51. The molecule has 0 unspecified atom stereocenters. The van der Waals surface area contributed by atoms with E-state index in [2.05, 4.69) is 9.64 Å². The summed E-state index contributed by atoms with van der Waals surface area (Å²) in [6.45, 7) is 4.76. The van der Waals surface area contributed by atoms with Crippen LogP contribution in [0.25, 0.3) is 0 Å². The molecule has 0 atom stereocenters. The number of benzene rings is 1. The first-order chi connectivity index (χ1) is 10.1. The topological polar surface area (TPSA) is 75.9 Å². The standard InChI is InChI=1S/C15H21N3O3/c1-3-14(19)18-8-6-17(7-9-18)13-5-4-11(10-12(13)16)15(20)21-2/h4-5,10H,3,6-9,16H2,1-2H3. The summed E-state index contributed by atoms with van der Waals surface area (Å²) in [6.07, 6.45) is 0.538. The van der Waals surface area contributed by atoms with Gasteiger partial charge in [-0.2, -0.15) is 0 Å². The number of nitrogens with two attached hydrogens (primary N) is 1. The Kier molecular flexibility index (Phi) is 4.67. The molecule has 114 valence electrons. The Balaban J connectivity index is 2.07. The molecule has 2 rings (SSSR count). The number of amides is 1. The number of nitrogen functional groups attached to an aromatic ring is 1. The number of methoxy groups -OCH3 is 1. The number of piperazine rings is 1. The van der Waals surface area contributed by atoms with Crippen molar-refractivity contribution in [3.05, 3.63) is 23.8 Å². The zero-order valence-corrected chi connectivity index (χ0v) is 12.5. The van der Waals surface area contributed by atoms with Gasteiger partial charge >= 0.3 is 5.97 Å². The van der Waals surface area contributed by atoms with Crippen LogP contribution >= 0.6 is 0 Å². The fraction of sp³-hybridized carbons (Fsp3) is 0.467. The molecular formula is C15H21N3O3. The summed E-state index contributed by atoms with van der Waals surface area (Å²) in [4.78, 5) is 27.1. The maximum absolute atomic E-state index is 11.7. The highest BCUT2D eigenvalue weighted by Crippen LogP contribution is 2.25. The van der Waals surface area contributed by atoms with Crippen LogP contribution in [-0.2, 0) is 9.53 Å². The van der Waals surface area contributed by atoms with E-state index in [9.17, 15) is 9.59 Å². The van der Waals surface area contributed by atoms with Gasteiger partial charge < -0.3 is 20.3 Å². The summed E-state index contributed by atoms with van der Waals surface area (Å²) in [5.41, 5.74) is 7.92. The maximum Gasteiger partial charge on any atom is 0.337 e. The van der Waals surface area contributed by atoms with Gasteiger partial charge in [0.1, 0.15) is 0 Å². The van der Waals surface area contributed by atoms with E-state index in [1.807, 2.05) is 17.9 Å². The number of carbonyl (C=O) groups excluding carboxylic acids is 2. The van der Waals surface area contributed by atoms with Crippen molar-refractivity contribution in [2.45, 2.75) is 13.3 Å². The van der Waals surface area contributed by atoms with Gasteiger partial charge in [0.2, 0.25) is 5.91 Å². The Hall–Kier alpha value is -2.24. The van der Waals surface area contributed by atoms with Gasteiger partial charge in [-0.05, 0) is 18.2 Å². The number of anilines is 2. The van der Waals surface area contributed by atoms with E-state index in [0.29, 0.717) is 30.8 Å². The zero-order valence-electron chi connectivity index (χ0n) is 12.5. The molecule has 0 aromatic heterocycles. The Morgan fingerprint density at radius 3 is 2.43 bits per heavy atom. The first kappa shape index (κ1) is 15.2. The Morgan fingerprint density at radius 1 is 1.24 bits per heavy atom. The molecule has 0 radical (unpaired) electrons. The molecule has 0 saturated carbocycles. The van der Waals surface area contributed by atoms with Crippen molar-refractivity contribution < 1.29 is 14.3 Å². The monoisotopic (exact) mass is 291 g/mol. The molecule has 0 spiro atoms. The second kappa shape index (κ2) is 6.47. The summed E-state index contributed by atoms with van der Waals surface area (Å²) in [5.74, 6) is -0.213. The van der Waals surface area contributed by atoms with Crippen molar-refractivity contribution in [3.8, 4) is 0 Å². The summed E-state index contributed by atoms with van der Waals surface area (Å²) in [5, 5.41) is 0. The minimum Gasteiger partial charge on any atom is -0.465 e. The van der Waals surface area contributed by atoms with Crippen molar-refractivity contribution in [1.29, 1.82) is 0 Å². The lowest BCUT2D eigenvalue weighted by atomic mass is 10.1. The van der Waals surface area contributed by atoms with Crippen LogP contribution < -0.4 is 10.6 Å². The van der Waals surface area contributed by atoms with Crippen LogP contribution in [0.4, 0.5) is 11.4 Å². The zero-order chi connectivity index (χ0) is 15.4. The van der Waals surface area contributed by atoms with Gasteiger partial charge in [0, 0.05) is 32.6 Å². The molecular weight excluding hydrogens is 270 g/mol. The normalized spacial score (nSPS) is 15.0. The van der Waals surface area contributed by atoms with Gasteiger partial charge in [0.25, 0.3) is 0 Å². The van der Waals surface area contributed by atoms with Gasteiger partial charge in [0.05, 0.1) is 24.0 Å². The van der Waals surface area contributed by atoms with E-state index in [0.717, 1.165) is 18.8 Å². The molecule has 1 saturated heterocycles. The average molecular weight is 291 g/mol. The fourth-order valence-corrected chi connectivity index (χ4v) is 2.51. The number of hydrogen-bond donors (Lipinski definition) is 1. The van der Waals surface area contributed by atoms with E-state index in [1.54, 1.807) is 12.1 Å². The van der Waals surface area contributed by atoms with Crippen molar-refractivity contribution in [2.24, 2.45) is 0 Å². The van der Waals surface area contributed by atoms with Crippen LogP contribution in [0.2, 0.25) is 0 Å². The van der Waals surface area contributed by atoms with Gasteiger partial charge in [-0.25, -0.2) is 4.79 Å². The van der Waals surface area contributed by atoms with Crippen LogP contribution in [0.1, 0.15) is 23.7 Å². The Labute approximate surface area is 124 Å². The molecule has 0 aliphatic carbocycles. The molecule has 0 bridgehead atoms. The highest BCUT2D eigenvalue weighted by Gasteiger charge is 2.21. The SMILES string of the molecule is CCC(=O)N1CCN(c2ccc(C(=O)OC)cc2N)CC1. The molecule has 1 aromatic carbocycles. The highest BCUT2D eigenvalue weighted by atomic mass is 16.5. The van der Waals surface area contributed by atoms with Crippen LogP contribution in [0, 0.1) is 0 Å². The van der Waals surface area contributed by atoms with Gasteiger partial charge in [0.15, 0.2) is 0 Å². The van der Waals surface area contributed by atoms with Crippen molar-refractivity contribution in [1.82, 2.24) is 4.90 Å². The highest BCUT2D eigenvalue weighted by molar-refractivity contribution is 5.92. The van der Waals surface area contributed by atoms with Crippen LogP contribution in [0.3, 0.4) is 0 Å². The van der Waals surface area contributed by atoms with Crippen LogP contribution in [0.15, 0.2) is 18.2 Å². The quantitative estimate of drug-likeness (QED) is 0.667. The third-order valence-corrected chi connectivity index (χ3v) is 3.72. The van der Waals surface area contributed by atoms with Crippen molar-refractivity contribution >= 4 is 23.3 Å². The van der Waals surface area contributed by atoms with Crippen LogP contribution in [0.5, 0.6) is 0 Å². The van der Waals surface area contributed by atoms with Crippen molar-refractivity contribution in [3.63, 3.8) is 0 Å². The lowest BCUT2D eigenvalue weighted by Crippen LogP contribution is -2.48. The number of carbonyl (C=O) groups is 2. The molecule has 1 aromatic rings. The van der Waals surface area contributed by atoms with Gasteiger partial charge in [-0.1, -0.05) is 6.92 Å². The molecule has 2 N–H and O–H groups in total. The Bertz CT molecular complexity index is 537. The van der Waals surface area contributed by atoms with Crippen molar-refractivity contribution in [2.75, 3.05) is 43.9 Å². The summed E-state index contributed by atoms with van der Waals surface area (Å²) in [7, 11) is 1.34. The molecule has 6 nitrogen and oxygen atoms in total. The molecule has 1 aliphatic heterocycles. The summed E-state index contributed by atoms with van der Waals surface area (Å²) >= 11 is 0. The predicted octanol–water partition coefficient (Wildman–Crippen LogP) is 1.11. The molecule has 1 fully saturated rings. The van der Waals surface area contributed by atoms with E-state index in [-0.39, 0.29) is 5.91 Å². The number of rotatable bonds is 3. The first-order valence-corrected chi connectivity index (χ1v) is 7.07. The number of hydrogen-bond acceptors (Lipinski definition) is 5. The summed E-state index contributed by atoms with van der Waals surface area (Å²) in [6, 6.07) is 5.17. The third kappa shape index (κ3) is 3.26. The smallest absolute Gasteiger partial charge is 0.337 e. The first-order valence-electron chi connectivity index (χ1n) is 7.07. The number of nitrogens with zero attached hydrogens (tertiary/aromatic N) is 2. The number of esters is 1. The van der Waals surface area contributed by atoms with Crippen LogP contribution in [-0.4, -0.2) is 50.1 Å².